The van der Waals surface area contributed by atoms with Crippen LogP contribution in [0.2, 0.25) is 5.02 Å². The molecule has 2 amide bonds. The molecular formula is C26H27ClN4O4S. The molecule has 0 atom stereocenters. The molecule has 188 valence electrons. The van der Waals surface area contributed by atoms with E-state index in [4.69, 9.17) is 11.6 Å². The van der Waals surface area contributed by atoms with Crippen LogP contribution in [0.15, 0.2) is 71.8 Å². The molecule has 0 radical (unpaired) electrons. The maximum absolute atomic E-state index is 12.6. The molecule has 0 spiro atoms. The lowest BCUT2D eigenvalue weighted by Gasteiger charge is -2.24. The number of hydrogen-bond acceptors (Lipinski definition) is 5. The standard InChI is InChI=1S/C26H27ClN4O4S/c1-17-8-5-13-24(18(17)2)31(36(4,34)35)16-25(32)30-29-19(3)20-9-7-12-23(15-20)28-26(33)21-10-6-11-22(27)14-21/h5-15H,16H2,1-4H3,(H,28,33)(H,30,32)/b29-19+. The zero-order valence-electron chi connectivity index (χ0n) is 20.4. The number of rotatable bonds is 8. The second-order valence-corrected chi connectivity index (χ2v) is 10.6. The van der Waals surface area contributed by atoms with Crippen LogP contribution in [0.1, 0.15) is 34.0 Å². The molecule has 2 N–H and O–H groups in total. The smallest absolute Gasteiger partial charge is 0.260 e. The molecule has 10 heteroatoms. The van der Waals surface area contributed by atoms with Crippen LogP contribution in [0.3, 0.4) is 0 Å². The molecule has 0 aromatic heterocycles. The lowest BCUT2D eigenvalue weighted by Crippen LogP contribution is -2.39. The van der Waals surface area contributed by atoms with E-state index in [0.29, 0.717) is 33.2 Å². The van der Waals surface area contributed by atoms with Gasteiger partial charge in [-0.05, 0) is 73.9 Å². The number of sulfonamides is 1. The normalized spacial score (nSPS) is 11.6. The minimum atomic E-state index is -3.71. The highest BCUT2D eigenvalue weighted by Gasteiger charge is 2.22. The van der Waals surface area contributed by atoms with E-state index < -0.39 is 22.5 Å². The Hall–Kier alpha value is -3.69. The number of hydrazone groups is 1. The summed E-state index contributed by atoms with van der Waals surface area (Å²) < 4.78 is 25.9. The zero-order valence-corrected chi connectivity index (χ0v) is 21.9. The Morgan fingerprint density at radius 1 is 0.972 bits per heavy atom. The van der Waals surface area contributed by atoms with Gasteiger partial charge >= 0.3 is 0 Å². The highest BCUT2D eigenvalue weighted by Crippen LogP contribution is 2.24. The van der Waals surface area contributed by atoms with E-state index in [1.165, 1.54) is 0 Å². The molecule has 0 bridgehead atoms. The predicted molar refractivity (Wildman–Crippen MR) is 144 cm³/mol. The third kappa shape index (κ3) is 6.93. The number of nitrogens with one attached hydrogen (secondary N) is 2. The Morgan fingerprint density at radius 3 is 2.33 bits per heavy atom. The van der Waals surface area contributed by atoms with E-state index in [1.807, 2.05) is 13.0 Å². The molecule has 3 aromatic rings. The van der Waals surface area contributed by atoms with Crippen LogP contribution in [0.25, 0.3) is 0 Å². The van der Waals surface area contributed by atoms with Gasteiger partial charge in [0.1, 0.15) is 6.54 Å². The highest BCUT2D eigenvalue weighted by molar-refractivity contribution is 7.92. The van der Waals surface area contributed by atoms with Gasteiger partial charge in [-0.25, -0.2) is 13.8 Å². The van der Waals surface area contributed by atoms with Crippen LogP contribution < -0.4 is 15.0 Å². The molecule has 0 unspecified atom stereocenters. The Balaban J connectivity index is 1.71. The number of aryl methyl sites for hydroxylation is 1. The number of hydrogen-bond donors (Lipinski definition) is 2. The van der Waals surface area contributed by atoms with Gasteiger partial charge in [-0.2, -0.15) is 5.10 Å². The number of anilines is 2. The van der Waals surface area contributed by atoms with E-state index >= 15 is 0 Å². The molecule has 3 aromatic carbocycles. The summed E-state index contributed by atoms with van der Waals surface area (Å²) in [5.41, 5.74) is 6.64. The summed E-state index contributed by atoms with van der Waals surface area (Å²) in [7, 11) is -3.71. The molecule has 0 fully saturated rings. The van der Waals surface area contributed by atoms with E-state index in [0.717, 1.165) is 21.7 Å². The molecule has 36 heavy (non-hydrogen) atoms. The van der Waals surface area contributed by atoms with Crippen molar-refractivity contribution in [2.24, 2.45) is 5.10 Å². The molecular weight excluding hydrogens is 500 g/mol. The second-order valence-electron chi connectivity index (χ2n) is 8.27. The molecule has 0 heterocycles. The maximum Gasteiger partial charge on any atom is 0.260 e. The summed E-state index contributed by atoms with van der Waals surface area (Å²) in [6.07, 6.45) is 1.06. The quantitative estimate of drug-likeness (QED) is 0.332. The number of amides is 2. The average Bonchev–Trinajstić information content (AvgIpc) is 2.82. The fourth-order valence-electron chi connectivity index (χ4n) is 3.42. The number of carbonyl (C=O) groups is 2. The van der Waals surface area contributed by atoms with E-state index in [-0.39, 0.29) is 5.91 Å². The van der Waals surface area contributed by atoms with Gasteiger partial charge in [0.25, 0.3) is 11.8 Å². The number of halogens is 1. The van der Waals surface area contributed by atoms with E-state index in [9.17, 15) is 18.0 Å². The Morgan fingerprint density at radius 2 is 1.64 bits per heavy atom. The fourth-order valence-corrected chi connectivity index (χ4v) is 4.52. The highest BCUT2D eigenvalue weighted by atomic mass is 35.5. The first-order valence-electron chi connectivity index (χ1n) is 11.0. The van der Waals surface area contributed by atoms with Crippen LogP contribution in [0.4, 0.5) is 11.4 Å². The Labute approximate surface area is 216 Å². The van der Waals surface area contributed by atoms with E-state index in [1.54, 1.807) is 74.5 Å². The molecule has 0 aliphatic heterocycles. The van der Waals surface area contributed by atoms with Gasteiger partial charge in [-0.15, -0.1) is 0 Å². The predicted octanol–water partition coefficient (Wildman–Crippen LogP) is 4.52. The van der Waals surface area contributed by atoms with Crippen LogP contribution in [-0.2, 0) is 14.8 Å². The van der Waals surface area contributed by atoms with Crippen molar-refractivity contribution in [3.63, 3.8) is 0 Å². The van der Waals surface area contributed by atoms with Crippen molar-refractivity contribution >= 4 is 50.5 Å². The zero-order chi connectivity index (χ0) is 26.5. The molecule has 8 nitrogen and oxygen atoms in total. The van der Waals surface area contributed by atoms with E-state index in [2.05, 4.69) is 15.8 Å². The van der Waals surface area contributed by atoms with Gasteiger partial charge in [-0.3, -0.25) is 13.9 Å². The van der Waals surface area contributed by atoms with Gasteiger partial charge in [0, 0.05) is 16.3 Å². The second kappa shape index (κ2) is 11.4. The topological polar surface area (TPSA) is 108 Å². The third-order valence-corrected chi connectivity index (χ3v) is 6.87. The largest absolute Gasteiger partial charge is 0.322 e. The molecule has 3 rings (SSSR count). The summed E-state index contributed by atoms with van der Waals surface area (Å²) in [6, 6.07) is 18.9. The lowest BCUT2D eigenvalue weighted by atomic mass is 10.1. The van der Waals surface area contributed by atoms with Gasteiger partial charge in [0.05, 0.1) is 17.7 Å². The first-order chi connectivity index (χ1) is 17.0. The number of benzene rings is 3. The first-order valence-corrected chi connectivity index (χ1v) is 13.2. The summed E-state index contributed by atoms with van der Waals surface area (Å²) in [6.45, 7) is 4.95. The summed E-state index contributed by atoms with van der Waals surface area (Å²) in [5.74, 6) is -0.907. The van der Waals surface area contributed by atoms with Gasteiger partial charge in [0.15, 0.2) is 0 Å². The minimum absolute atomic E-state index is 0.315. The van der Waals surface area contributed by atoms with Crippen LogP contribution in [0.5, 0.6) is 0 Å². The van der Waals surface area contributed by atoms with Crippen molar-refractivity contribution in [2.75, 3.05) is 22.4 Å². The third-order valence-electron chi connectivity index (χ3n) is 5.51. The van der Waals surface area contributed by atoms with Crippen molar-refractivity contribution in [1.82, 2.24) is 5.43 Å². The SMILES string of the molecule is C/C(=N\NC(=O)CN(c1cccc(C)c1C)S(C)(=O)=O)c1cccc(NC(=O)c2cccc(Cl)c2)c1. The summed E-state index contributed by atoms with van der Waals surface area (Å²) in [5, 5.41) is 7.38. The van der Waals surface area contributed by atoms with Crippen molar-refractivity contribution in [1.29, 1.82) is 0 Å². The van der Waals surface area contributed by atoms with Crippen LogP contribution in [-0.4, -0.2) is 38.7 Å². The lowest BCUT2D eigenvalue weighted by molar-refractivity contribution is -0.119. The van der Waals surface area contributed by atoms with Crippen LogP contribution >= 0.6 is 11.6 Å². The molecule has 0 saturated heterocycles. The van der Waals surface area contributed by atoms with Gasteiger partial charge in [0.2, 0.25) is 10.0 Å². The number of carbonyl (C=O) groups excluding carboxylic acids is 2. The summed E-state index contributed by atoms with van der Waals surface area (Å²) in [4.78, 5) is 25.1. The van der Waals surface area contributed by atoms with Crippen LogP contribution in [0, 0.1) is 13.8 Å². The van der Waals surface area contributed by atoms with Crippen molar-refractivity contribution in [3.8, 4) is 0 Å². The molecule has 0 aliphatic rings. The molecule has 0 saturated carbocycles. The van der Waals surface area contributed by atoms with Crippen molar-refractivity contribution in [2.45, 2.75) is 20.8 Å². The average molecular weight is 527 g/mol. The summed E-state index contributed by atoms with van der Waals surface area (Å²) >= 11 is 5.96. The minimum Gasteiger partial charge on any atom is -0.322 e. The maximum atomic E-state index is 12.6. The Kier molecular flexibility index (Phi) is 8.49. The molecule has 0 aliphatic carbocycles. The van der Waals surface area contributed by atoms with Gasteiger partial charge < -0.3 is 5.32 Å². The van der Waals surface area contributed by atoms with Crippen molar-refractivity contribution in [3.05, 3.63) is 94.0 Å². The first kappa shape index (κ1) is 26.9. The van der Waals surface area contributed by atoms with Crippen molar-refractivity contribution < 1.29 is 18.0 Å². The Bertz CT molecular complexity index is 1440. The monoisotopic (exact) mass is 526 g/mol. The van der Waals surface area contributed by atoms with Gasteiger partial charge in [-0.1, -0.05) is 41.9 Å². The fraction of sp³-hybridized carbons (Fsp3) is 0.192. The number of nitrogens with zero attached hydrogens (tertiary/aromatic N) is 2.